The van der Waals surface area contributed by atoms with Crippen LogP contribution in [0, 0.1) is 0 Å². The van der Waals surface area contributed by atoms with E-state index >= 15 is 0 Å². The highest BCUT2D eigenvalue weighted by molar-refractivity contribution is 5.82. The molecule has 1 amide bonds. The maximum absolute atomic E-state index is 13.1. The van der Waals surface area contributed by atoms with Crippen molar-refractivity contribution in [1.82, 2.24) is 5.32 Å². The van der Waals surface area contributed by atoms with E-state index in [1.54, 1.807) is 7.11 Å². The number of hydrogen-bond donors (Lipinski definition) is 2. The Hall–Kier alpha value is -2.33. The fourth-order valence-corrected chi connectivity index (χ4v) is 3.61. The molecule has 0 saturated heterocycles. The SMILES string of the molecule is COc1ccc(C[NH+](C2CC2)[C@@H](C(=O)NC2CC2)c2ccccc2)cc1. The Morgan fingerprint density at radius 2 is 1.77 bits per heavy atom. The molecule has 26 heavy (non-hydrogen) atoms. The first-order valence-corrected chi connectivity index (χ1v) is 9.58. The van der Waals surface area contributed by atoms with Gasteiger partial charge in [-0.05, 0) is 37.1 Å². The zero-order valence-electron chi connectivity index (χ0n) is 15.3. The third kappa shape index (κ3) is 4.07. The molecule has 0 heterocycles. The van der Waals surface area contributed by atoms with Crippen molar-refractivity contribution in [3.63, 3.8) is 0 Å². The highest BCUT2D eigenvalue weighted by atomic mass is 16.5. The van der Waals surface area contributed by atoms with Crippen molar-refractivity contribution < 1.29 is 14.4 Å². The van der Waals surface area contributed by atoms with Crippen LogP contribution in [-0.2, 0) is 11.3 Å². The first-order chi connectivity index (χ1) is 12.7. The van der Waals surface area contributed by atoms with Gasteiger partial charge in [-0.2, -0.15) is 0 Å². The molecule has 136 valence electrons. The normalized spacial score (nSPS) is 18.8. The lowest BCUT2D eigenvalue weighted by molar-refractivity contribution is -0.946. The topological polar surface area (TPSA) is 42.8 Å². The summed E-state index contributed by atoms with van der Waals surface area (Å²) in [5, 5.41) is 3.24. The van der Waals surface area contributed by atoms with Gasteiger partial charge in [-0.15, -0.1) is 0 Å². The third-order valence-corrected chi connectivity index (χ3v) is 5.36. The van der Waals surface area contributed by atoms with Crippen LogP contribution in [0.4, 0.5) is 0 Å². The smallest absolute Gasteiger partial charge is 0.283 e. The minimum atomic E-state index is -0.147. The lowest BCUT2D eigenvalue weighted by Gasteiger charge is -2.28. The van der Waals surface area contributed by atoms with Crippen molar-refractivity contribution in [2.45, 2.75) is 50.4 Å². The van der Waals surface area contributed by atoms with Gasteiger partial charge in [0.2, 0.25) is 0 Å². The van der Waals surface area contributed by atoms with Crippen molar-refractivity contribution in [1.29, 1.82) is 0 Å². The number of nitrogens with one attached hydrogen (secondary N) is 2. The second-order valence-corrected chi connectivity index (χ2v) is 7.50. The number of carbonyl (C=O) groups is 1. The fraction of sp³-hybridized carbons (Fsp3) is 0.409. The second kappa shape index (κ2) is 7.50. The molecule has 4 nitrogen and oxygen atoms in total. The Bertz CT molecular complexity index is 736. The Kier molecular flexibility index (Phi) is 4.93. The number of quaternary nitrogens is 1. The maximum atomic E-state index is 13.1. The first-order valence-electron chi connectivity index (χ1n) is 9.58. The lowest BCUT2D eigenvalue weighted by atomic mass is 10.0. The molecule has 0 radical (unpaired) electrons. The van der Waals surface area contributed by atoms with Gasteiger partial charge in [0.25, 0.3) is 5.91 Å². The number of amides is 1. The van der Waals surface area contributed by atoms with E-state index in [0.29, 0.717) is 12.1 Å². The molecule has 2 saturated carbocycles. The molecule has 4 heteroatoms. The molecule has 2 aliphatic rings. The minimum Gasteiger partial charge on any atom is -0.497 e. The van der Waals surface area contributed by atoms with Crippen LogP contribution >= 0.6 is 0 Å². The Labute approximate surface area is 155 Å². The van der Waals surface area contributed by atoms with Crippen LogP contribution in [0.25, 0.3) is 0 Å². The molecule has 2 aromatic carbocycles. The molecule has 2 aliphatic carbocycles. The van der Waals surface area contributed by atoms with Gasteiger partial charge in [0, 0.05) is 30.0 Å². The van der Waals surface area contributed by atoms with E-state index in [-0.39, 0.29) is 11.9 Å². The third-order valence-electron chi connectivity index (χ3n) is 5.36. The van der Waals surface area contributed by atoms with Crippen molar-refractivity contribution in [2.75, 3.05) is 7.11 Å². The summed E-state index contributed by atoms with van der Waals surface area (Å²) in [6, 6.07) is 19.3. The molecule has 0 bridgehead atoms. The van der Waals surface area contributed by atoms with Crippen LogP contribution in [0.5, 0.6) is 5.75 Å². The average molecular weight is 351 g/mol. The van der Waals surface area contributed by atoms with E-state index in [1.165, 1.54) is 23.3 Å². The molecule has 2 aromatic rings. The largest absolute Gasteiger partial charge is 0.497 e. The van der Waals surface area contributed by atoms with Crippen LogP contribution in [0.3, 0.4) is 0 Å². The summed E-state index contributed by atoms with van der Waals surface area (Å²) in [6.45, 7) is 0.853. The maximum Gasteiger partial charge on any atom is 0.283 e. The number of methoxy groups -OCH3 is 1. The van der Waals surface area contributed by atoms with E-state index < -0.39 is 0 Å². The van der Waals surface area contributed by atoms with Crippen molar-refractivity contribution in [3.05, 3.63) is 65.7 Å². The summed E-state index contributed by atoms with van der Waals surface area (Å²) >= 11 is 0. The van der Waals surface area contributed by atoms with Gasteiger partial charge in [0.05, 0.1) is 13.2 Å². The molecule has 0 spiro atoms. The molecule has 1 unspecified atom stereocenters. The summed E-state index contributed by atoms with van der Waals surface area (Å²) in [5.74, 6) is 1.04. The van der Waals surface area contributed by atoms with Crippen LogP contribution in [0.1, 0.15) is 42.9 Å². The Morgan fingerprint density at radius 1 is 1.08 bits per heavy atom. The van der Waals surface area contributed by atoms with E-state index in [4.69, 9.17) is 4.74 Å². The number of hydrogen-bond acceptors (Lipinski definition) is 2. The van der Waals surface area contributed by atoms with Crippen LogP contribution < -0.4 is 15.0 Å². The monoisotopic (exact) mass is 351 g/mol. The molecule has 2 atom stereocenters. The zero-order chi connectivity index (χ0) is 17.9. The Morgan fingerprint density at radius 3 is 2.35 bits per heavy atom. The van der Waals surface area contributed by atoms with E-state index in [2.05, 4.69) is 29.6 Å². The highest BCUT2D eigenvalue weighted by Crippen LogP contribution is 2.24. The molecule has 2 N–H and O–H groups in total. The highest BCUT2D eigenvalue weighted by Gasteiger charge is 2.43. The molecular formula is C22H27N2O2+. The van der Waals surface area contributed by atoms with E-state index in [0.717, 1.165) is 30.7 Å². The number of benzene rings is 2. The predicted molar refractivity (Wildman–Crippen MR) is 101 cm³/mol. The summed E-state index contributed by atoms with van der Waals surface area (Å²) in [5.41, 5.74) is 2.36. The lowest BCUT2D eigenvalue weighted by Crippen LogP contribution is -3.13. The quantitative estimate of drug-likeness (QED) is 0.766. The van der Waals surface area contributed by atoms with Crippen molar-refractivity contribution >= 4 is 5.91 Å². The van der Waals surface area contributed by atoms with Gasteiger partial charge >= 0.3 is 0 Å². The van der Waals surface area contributed by atoms with Crippen molar-refractivity contribution in [3.8, 4) is 5.75 Å². The number of rotatable bonds is 8. The van der Waals surface area contributed by atoms with Gasteiger partial charge in [0.15, 0.2) is 6.04 Å². The van der Waals surface area contributed by atoms with Gasteiger partial charge in [-0.25, -0.2) is 0 Å². The number of carbonyl (C=O) groups excluding carboxylic acids is 1. The second-order valence-electron chi connectivity index (χ2n) is 7.50. The van der Waals surface area contributed by atoms with Crippen LogP contribution in [0.15, 0.2) is 54.6 Å². The molecule has 2 fully saturated rings. The summed E-state index contributed by atoms with van der Waals surface area (Å²) in [7, 11) is 1.68. The van der Waals surface area contributed by atoms with Gasteiger partial charge in [-0.3, -0.25) is 4.79 Å². The van der Waals surface area contributed by atoms with Crippen LogP contribution in [-0.4, -0.2) is 25.1 Å². The standard InChI is InChI=1S/C22H26N2O2/c1-26-20-13-7-16(8-14-20)15-24(19-11-12-19)21(17-5-3-2-4-6-17)22(25)23-18-9-10-18/h2-8,13-14,18-19,21H,9-12,15H2,1H3,(H,23,25)/p+1/t21-/m1/s1. The van der Waals surface area contributed by atoms with Gasteiger partial charge < -0.3 is 15.0 Å². The van der Waals surface area contributed by atoms with Crippen LogP contribution in [0.2, 0.25) is 0 Å². The fourth-order valence-electron chi connectivity index (χ4n) is 3.61. The van der Waals surface area contributed by atoms with Gasteiger partial charge in [0.1, 0.15) is 12.3 Å². The number of ether oxygens (including phenoxy) is 1. The van der Waals surface area contributed by atoms with E-state index in [1.807, 2.05) is 30.3 Å². The minimum absolute atomic E-state index is 0.147. The Balaban J connectivity index is 1.60. The molecule has 4 rings (SSSR count). The molecule has 0 aromatic heterocycles. The first kappa shape index (κ1) is 17.1. The average Bonchev–Trinajstić information content (AvgIpc) is 3.57. The summed E-state index contributed by atoms with van der Waals surface area (Å²) in [4.78, 5) is 14.5. The van der Waals surface area contributed by atoms with Gasteiger partial charge in [-0.1, -0.05) is 30.3 Å². The van der Waals surface area contributed by atoms with E-state index in [9.17, 15) is 4.79 Å². The summed E-state index contributed by atoms with van der Waals surface area (Å²) in [6.07, 6.45) is 4.63. The summed E-state index contributed by atoms with van der Waals surface area (Å²) < 4.78 is 5.27. The molecule has 0 aliphatic heterocycles. The molecular weight excluding hydrogens is 324 g/mol. The predicted octanol–water partition coefficient (Wildman–Crippen LogP) is 2.26. The van der Waals surface area contributed by atoms with Crippen molar-refractivity contribution in [2.24, 2.45) is 0 Å². The zero-order valence-corrected chi connectivity index (χ0v) is 15.3.